The Hall–Kier alpha value is -1.67. The van der Waals surface area contributed by atoms with Crippen LogP contribution in [0.5, 0.6) is 0 Å². The number of benzene rings is 2. The van der Waals surface area contributed by atoms with Crippen molar-refractivity contribution in [2.24, 2.45) is 0 Å². The molecule has 19 heavy (non-hydrogen) atoms. The van der Waals surface area contributed by atoms with Gasteiger partial charge >= 0.3 is 0 Å². The third-order valence-electron chi connectivity index (χ3n) is 3.03. The fourth-order valence-electron chi connectivity index (χ4n) is 1.89. The van der Waals surface area contributed by atoms with Crippen LogP contribution in [0.2, 0.25) is 5.02 Å². The highest BCUT2D eigenvalue weighted by Gasteiger charge is 2.11. The van der Waals surface area contributed by atoms with Gasteiger partial charge in [-0.15, -0.1) is 0 Å². The number of Topliss-reactive ketones (excluding diaryl/α,β-unsaturated/α-hetero) is 1. The molecule has 0 spiro atoms. The van der Waals surface area contributed by atoms with Crippen LogP contribution in [0.15, 0.2) is 42.5 Å². The average Bonchev–Trinajstić information content (AvgIpc) is 2.39. The first kappa shape index (κ1) is 13.8. The number of hydrogen-bond donors (Lipinski definition) is 0. The fourth-order valence-corrected chi connectivity index (χ4v) is 2.16. The third kappa shape index (κ3) is 3.42. The maximum Gasteiger partial charge on any atom is 0.168 e. The summed E-state index contributed by atoms with van der Waals surface area (Å²) in [7, 11) is 0. The minimum absolute atomic E-state index is 0.103. The Labute approximate surface area is 117 Å². The number of rotatable bonds is 4. The van der Waals surface area contributed by atoms with E-state index in [0.717, 1.165) is 18.1 Å². The maximum atomic E-state index is 12.9. The molecule has 0 atom stereocenters. The number of carbonyl (C=O) groups excluding carboxylic acids is 1. The molecule has 0 saturated carbocycles. The van der Waals surface area contributed by atoms with Crippen LogP contribution >= 0.6 is 11.6 Å². The van der Waals surface area contributed by atoms with Crippen molar-refractivity contribution in [3.8, 4) is 0 Å². The number of ketones is 1. The van der Waals surface area contributed by atoms with E-state index in [2.05, 4.69) is 6.92 Å². The van der Waals surface area contributed by atoms with Crippen molar-refractivity contribution in [3.05, 3.63) is 70.0 Å². The molecule has 0 aliphatic rings. The maximum absolute atomic E-state index is 12.9. The lowest BCUT2D eigenvalue weighted by Gasteiger charge is -2.05. The second kappa shape index (κ2) is 5.98. The van der Waals surface area contributed by atoms with E-state index in [9.17, 15) is 9.18 Å². The van der Waals surface area contributed by atoms with Gasteiger partial charge < -0.3 is 0 Å². The first-order chi connectivity index (χ1) is 9.10. The third-order valence-corrected chi connectivity index (χ3v) is 3.34. The van der Waals surface area contributed by atoms with Crippen molar-refractivity contribution in [2.45, 2.75) is 19.8 Å². The minimum Gasteiger partial charge on any atom is -0.294 e. The Morgan fingerprint density at radius 2 is 1.74 bits per heavy atom. The molecule has 2 aromatic rings. The summed E-state index contributed by atoms with van der Waals surface area (Å²) in [5, 5.41) is 0.162. The van der Waals surface area contributed by atoms with E-state index in [1.54, 1.807) is 0 Å². The SMILES string of the molecule is CCc1ccc(CC(=O)c2ccc(F)cc2Cl)cc1. The van der Waals surface area contributed by atoms with Gasteiger partial charge in [0.1, 0.15) is 5.82 Å². The van der Waals surface area contributed by atoms with Crippen LogP contribution in [-0.4, -0.2) is 5.78 Å². The molecule has 98 valence electrons. The molecular weight excluding hydrogens is 263 g/mol. The molecule has 0 aliphatic carbocycles. The molecule has 0 unspecified atom stereocenters. The van der Waals surface area contributed by atoms with Crippen LogP contribution in [0.4, 0.5) is 4.39 Å². The zero-order chi connectivity index (χ0) is 13.8. The van der Waals surface area contributed by atoms with Gasteiger partial charge in [-0.1, -0.05) is 42.8 Å². The number of carbonyl (C=O) groups is 1. The van der Waals surface area contributed by atoms with Gasteiger partial charge in [0.25, 0.3) is 0 Å². The molecule has 0 aromatic heterocycles. The van der Waals surface area contributed by atoms with Crippen molar-refractivity contribution in [3.63, 3.8) is 0 Å². The number of aryl methyl sites for hydroxylation is 1. The molecule has 0 saturated heterocycles. The van der Waals surface area contributed by atoms with E-state index in [0.29, 0.717) is 5.56 Å². The smallest absolute Gasteiger partial charge is 0.168 e. The minimum atomic E-state index is -0.436. The summed E-state index contributed by atoms with van der Waals surface area (Å²) in [4.78, 5) is 12.1. The fraction of sp³-hybridized carbons (Fsp3) is 0.188. The Morgan fingerprint density at radius 3 is 2.32 bits per heavy atom. The quantitative estimate of drug-likeness (QED) is 0.753. The van der Waals surface area contributed by atoms with E-state index >= 15 is 0 Å². The van der Waals surface area contributed by atoms with Crippen LogP contribution in [-0.2, 0) is 12.8 Å². The van der Waals surface area contributed by atoms with Gasteiger partial charge in [-0.05, 0) is 35.7 Å². The van der Waals surface area contributed by atoms with E-state index in [4.69, 9.17) is 11.6 Å². The van der Waals surface area contributed by atoms with Crippen LogP contribution in [0.1, 0.15) is 28.4 Å². The molecule has 2 aromatic carbocycles. The van der Waals surface area contributed by atoms with Gasteiger partial charge in [-0.3, -0.25) is 4.79 Å². The van der Waals surface area contributed by atoms with Gasteiger partial charge in [0, 0.05) is 12.0 Å². The Kier molecular flexibility index (Phi) is 4.33. The summed E-state index contributed by atoms with van der Waals surface area (Å²) < 4.78 is 12.9. The average molecular weight is 277 g/mol. The lowest BCUT2D eigenvalue weighted by molar-refractivity contribution is 0.0993. The molecule has 3 heteroatoms. The van der Waals surface area contributed by atoms with Gasteiger partial charge in [-0.25, -0.2) is 4.39 Å². The first-order valence-electron chi connectivity index (χ1n) is 6.16. The predicted molar refractivity (Wildman–Crippen MR) is 75.3 cm³/mol. The molecule has 0 aliphatic heterocycles. The number of halogens is 2. The monoisotopic (exact) mass is 276 g/mol. The first-order valence-corrected chi connectivity index (χ1v) is 6.54. The van der Waals surface area contributed by atoms with Gasteiger partial charge in [0.15, 0.2) is 5.78 Å². The lowest BCUT2D eigenvalue weighted by atomic mass is 10.0. The van der Waals surface area contributed by atoms with E-state index < -0.39 is 5.82 Å². The summed E-state index contributed by atoms with van der Waals surface area (Å²) in [6.07, 6.45) is 1.24. The summed E-state index contributed by atoms with van der Waals surface area (Å²) in [5.74, 6) is -0.539. The van der Waals surface area contributed by atoms with Crippen molar-refractivity contribution in [2.75, 3.05) is 0 Å². The highest BCUT2D eigenvalue weighted by molar-refractivity contribution is 6.34. The molecule has 2 rings (SSSR count). The zero-order valence-electron chi connectivity index (χ0n) is 10.6. The molecular formula is C16H14ClFO. The standard InChI is InChI=1S/C16H14ClFO/c1-2-11-3-5-12(6-4-11)9-16(19)14-8-7-13(18)10-15(14)17/h3-8,10H,2,9H2,1H3. The number of hydrogen-bond acceptors (Lipinski definition) is 1. The molecule has 0 amide bonds. The van der Waals surface area contributed by atoms with Crippen LogP contribution in [0, 0.1) is 5.82 Å². The summed E-state index contributed by atoms with van der Waals surface area (Å²) in [5.41, 5.74) is 2.53. The van der Waals surface area contributed by atoms with Gasteiger partial charge in [-0.2, -0.15) is 0 Å². The molecule has 0 heterocycles. The Bertz CT molecular complexity index is 590. The molecule has 0 bridgehead atoms. The van der Waals surface area contributed by atoms with E-state index in [-0.39, 0.29) is 17.2 Å². The van der Waals surface area contributed by atoms with Crippen LogP contribution < -0.4 is 0 Å². The Morgan fingerprint density at radius 1 is 1.11 bits per heavy atom. The van der Waals surface area contributed by atoms with Crippen molar-refractivity contribution in [1.82, 2.24) is 0 Å². The van der Waals surface area contributed by atoms with Gasteiger partial charge in [0.05, 0.1) is 5.02 Å². The van der Waals surface area contributed by atoms with Crippen molar-refractivity contribution in [1.29, 1.82) is 0 Å². The van der Waals surface area contributed by atoms with Gasteiger partial charge in [0.2, 0.25) is 0 Å². The summed E-state index contributed by atoms with van der Waals surface area (Å²) >= 11 is 5.88. The predicted octanol–water partition coefficient (Wildman–Crippen LogP) is 4.47. The second-order valence-electron chi connectivity index (χ2n) is 4.39. The highest BCUT2D eigenvalue weighted by atomic mass is 35.5. The normalized spacial score (nSPS) is 10.5. The van der Waals surface area contributed by atoms with E-state index in [1.165, 1.54) is 17.7 Å². The summed E-state index contributed by atoms with van der Waals surface area (Å²) in [6, 6.07) is 11.7. The van der Waals surface area contributed by atoms with Crippen molar-refractivity contribution < 1.29 is 9.18 Å². The summed E-state index contributed by atoms with van der Waals surface area (Å²) in [6.45, 7) is 2.08. The molecule has 0 fully saturated rings. The molecule has 1 nitrogen and oxygen atoms in total. The molecule has 0 N–H and O–H groups in total. The lowest BCUT2D eigenvalue weighted by Crippen LogP contribution is -2.04. The zero-order valence-corrected chi connectivity index (χ0v) is 11.4. The largest absolute Gasteiger partial charge is 0.294 e. The Balaban J connectivity index is 2.15. The topological polar surface area (TPSA) is 17.1 Å². The van der Waals surface area contributed by atoms with Crippen LogP contribution in [0.3, 0.4) is 0 Å². The van der Waals surface area contributed by atoms with Crippen LogP contribution in [0.25, 0.3) is 0 Å². The van der Waals surface area contributed by atoms with E-state index in [1.807, 2.05) is 24.3 Å². The second-order valence-corrected chi connectivity index (χ2v) is 4.80. The van der Waals surface area contributed by atoms with Crippen molar-refractivity contribution >= 4 is 17.4 Å². The molecule has 0 radical (unpaired) electrons. The highest BCUT2D eigenvalue weighted by Crippen LogP contribution is 2.19.